The number of rotatable bonds is 4. The lowest BCUT2D eigenvalue weighted by molar-refractivity contribution is -0.134. The Morgan fingerprint density at radius 2 is 2.00 bits per heavy atom. The zero-order chi connectivity index (χ0) is 13.9. The monoisotopic (exact) mass is 256 g/mol. The molecule has 0 radical (unpaired) electrons. The summed E-state index contributed by atoms with van der Waals surface area (Å²) in [6.07, 6.45) is 6.72. The molecule has 2 heteroatoms. The van der Waals surface area contributed by atoms with Crippen LogP contribution in [0.15, 0.2) is 48.6 Å². The maximum absolute atomic E-state index is 11.3. The molecule has 0 bridgehead atoms. The van der Waals surface area contributed by atoms with Gasteiger partial charge in [0, 0.05) is 0 Å². The first-order valence-corrected chi connectivity index (χ1v) is 6.63. The summed E-state index contributed by atoms with van der Waals surface area (Å²) in [7, 11) is 0. The van der Waals surface area contributed by atoms with Crippen LogP contribution in [-0.4, -0.2) is 17.5 Å². The van der Waals surface area contributed by atoms with Crippen molar-refractivity contribution in [2.75, 3.05) is 0 Å². The van der Waals surface area contributed by atoms with E-state index >= 15 is 0 Å². The number of ether oxygens (including phenoxy) is 1. The highest BCUT2D eigenvalue weighted by molar-refractivity contribution is 5.80. The lowest BCUT2D eigenvalue weighted by atomic mass is 9.90. The molecular weight excluding hydrogens is 236 g/mol. The van der Waals surface area contributed by atoms with Crippen LogP contribution >= 0.6 is 0 Å². The third-order valence-corrected chi connectivity index (χ3v) is 3.47. The minimum absolute atomic E-state index is 0.0625. The van der Waals surface area contributed by atoms with Crippen LogP contribution in [0.3, 0.4) is 0 Å². The second-order valence-electron chi connectivity index (χ2n) is 5.25. The number of carbonyl (C=O) groups excluding carboxylic acids is 1. The van der Waals surface area contributed by atoms with Crippen molar-refractivity contribution in [1.82, 2.24) is 0 Å². The summed E-state index contributed by atoms with van der Waals surface area (Å²) in [6.45, 7) is 5.38. The highest BCUT2D eigenvalue weighted by atomic mass is 16.5. The van der Waals surface area contributed by atoms with Gasteiger partial charge in [0.2, 0.25) is 0 Å². The van der Waals surface area contributed by atoms with Crippen LogP contribution < -0.4 is 0 Å². The van der Waals surface area contributed by atoms with E-state index in [1.165, 1.54) is 11.1 Å². The molecule has 0 aromatic heterocycles. The van der Waals surface area contributed by atoms with Crippen LogP contribution in [0.25, 0.3) is 5.57 Å². The van der Waals surface area contributed by atoms with E-state index in [9.17, 15) is 4.79 Å². The fourth-order valence-corrected chi connectivity index (χ4v) is 2.13. The number of hydrogen-bond acceptors (Lipinski definition) is 2. The number of Topliss-reactive ketones (excluding diaryl/α,β-unsaturated/α-hetero) is 1. The molecule has 19 heavy (non-hydrogen) atoms. The topological polar surface area (TPSA) is 26.3 Å². The fraction of sp³-hybridized carbons (Fsp3) is 0.353. The lowest BCUT2D eigenvalue weighted by Crippen LogP contribution is -2.34. The predicted molar refractivity (Wildman–Crippen MR) is 77.8 cm³/mol. The van der Waals surface area contributed by atoms with Gasteiger partial charge in [-0.25, -0.2) is 0 Å². The number of allylic oxidation sites excluding steroid dienone is 2. The SMILES string of the molecule is CC(=O)C(C)OC1(C)C=CC(c2ccccc2)=CC1. The van der Waals surface area contributed by atoms with Crippen LogP contribution in [-0.2, 0) is 9.53 Å². The molecule has 2 nitrogen and oxygen atoms in total. The van der Waals surface area contributed by atoms with Crippen molar-refractivity contribution < 1.29 is 9.53 Å². The average Bonchev–Trinajstić information content (AvgIpc) is 2.40. The van der Waals surface area contributed by atoms with Crippen molar-refractivity contribution in [3.05, 3.63) is 54.1 Å². The molecule has 1 aliphatic carbocycles. The molecule has 2 rings (SSSR count). The Morgan fingerprint density at radius 1 is 1.32 bits per heavy atom. The molecule has 0 heterocycles. The van der Waals surface area contributed by atoms with Crippen molar-refractivity contribution in [1.29, 1.82) is 0 Å². The van der Waals surface area contributed by atoms with Crippen LogP contribution in [0.5, 0.6) is 0 Å². The Bertz CT molecular complexity index is 513. The molecule has 1 aromatic rings. The largest absolute Gasteiger partial charge is 0.360 e. The highest BCUT2D eigenvalue weighted by Crippen LogP contribution is 2.30. The number of hydrogen-bond donors (Lipinski definition) is 0. The normalized spacial score (nSPS) is 23.8. The van der Waals surface area contributed by atoms with Crippen molar-refractivity contribution in [3.8, 4) is 0 Å². The summed E-state index contributed by atoms with van der Waals surface area (Å²) in [5.41, 5.74) is 2.03. The number of ketones is 1. The van der Waals surface area contributed by atoms with Crippen LogP contribution in [0.4, 0.5) is 0 Å². The first-order chi connectivity index (χ1) is 9.00. The van der Waals surface area contributed by atoms with E-state index in [1.807, 2.05) is 25.1 Å². The van der Waals surface area contributed by atoms with Gasteiger partial charge in [0.05, 0.1) is 5.60 Å². The molecule has 1 aliphatic rings. The van der Waals surface area contributed by atoms with E-state index in [0.29, 0.717) is 0 Å². The standard InChI is InChI=1S/C17H20O2/c1-13(18)14(2)19-17(3)11-9-16(10-12-17)15-7-5-4-6-8-15/h4-11,14H,12H2,1-3H3. The maximum Gasteiger partial charge on any atom is 0.158 e. The van der Waals surface area contributed by atoms with E-state index in [2.05, 4.69) is 30.4 Å². The molecule has 100 valence electrons. The molecule has 1 aromatic carbocycles. The van der Waals surface area contributed by atoms with Crippen LogP contribution in [0, 0.1) is 0 Å². The van der Waals surface area contributed by atoms with Gasteiger partial charge in [0.15, 0.2) is 5.78 Å². The Hall–Kier alpha value is -1.67. The average molecular weight is 256 g/mol. The van der Waals surface area contributed by atoms with E-state index in [0.717, 1.165) is 6.42 Å². The molecule has 0 spiro atoms. The van der Waals surface area contributed by atoms with Crippen molar-refractivity contribution in [2.45, 2.75) is 38.9 Å². The summed E-state index contributed by atoms with van der Waals surface area (Å²) in [5, 5.41) is 0. The first kappa shape index (κ1) is 13.8. The smallest absolute Gasteiger partial charge is 0.158 e. The van der Waals surface area contributed by atoms with Crippen molar-refractivity contribution in [2.24, 2.45) is 0 Å². The van der Waals surface area contributed by atoms with Gasteiger partial charge in [-0.1, -0.05) is 48.6 Å². The third-order valence-electron chi connectivity index (χ3n) is 3.47. The summed E-state index contributed by atoms with van der Waals surface area (Å²) in [5.74, 6) is 0.0625. The van der Waals surface area contributed by atoms with Crippen molar-refractivity contribution in [3.63, 3.8) is 0 Å². The maximum atomic E-state index is 11.3. The molecule has 0 amide bonds. The van der Waals surface area contributed by atoms with Gasteiger partial charge in [-0.15, -0.1) is 0 Å². The van der Waals surface area contributed by atoms with E-state index in [-0.39, 0.29) is 17.5 Å². The van der Waals surface area contributed by atoms with Gasteiger partial charge in [-0.05, 0) is 38.3 Å². The molecule has 0 saturated heterocycles. The Labute approximate surface area is 114 Å². The quantitative estimate of drug-likeness (QED) is 0.819. The van der Waals surface area contributed by atoms with E-state index < -0.39 is 0 Å². The summed E-state index contributed by atoms with van der Waals surface area (Å²) in [6, 6.07) is 10.3. The molecule has 0 N–H and O–H groups in total. The Morgan fingerprint density at radius 3 is 2.53 bits per heavy atom. The minimum atomic E-state index is -0.386. The second kappa shape index (κ2) is 5.54. The zero-order valence-corrected chi connectivity index (χ0v) is 11.7. The Kier molecular flexibility index (Phi) is 4.01. The Balaban J connectivity index is 2.08. The van der Waals surface area contributed by atoms with E-state index in [1.54, 1.807) is 13.8 Å². The van der Waals surface area contributed by atoms with Crippen molar-refractivity contribution >= 4 is 11.4 Å². The van der Waals surface area contributed by atoms with Gasteiger partial charge >= 0.3 is 0 Å². The molecule has 2 unspecified atom stereocenters. The van der Waals surface area contributed by atoms with Gasteiger partial charge in [0.1, 0.15) is 6.10 Å². The summed E-state index contributed by atoms with van der Waals surface area (Å²) >= 11 is 0. The van der Waals surface area contributed by atoms with Crippen LogP contribution in [0.1, 0.15) is 32.8 Å². The van der Waals surface area contributed by atoms with Gasteiger partial charge in [-0.2, -0.15) is 0 Å². The zero-order valence-electron chi connectivity index (χ0n) is 11.7. The highest BCUT2D eigenvalue weighted by Gasteiger charge is 2.27. The molecule has 0 saturated carbocycles. The lowest BCUT2D eigenvalue weighted by Gasteiger charge is -2.31. The number of benzene rings is 1. The summed E-state index contributed by atoms with van der Waals surface area (Å²) < 4.78 is 5.84. The van der Waals surface area contributed by atoms with Gasteiger partial charge in [-0.3, -0.25) is 4.79 Å². The fourth-order valence-electron chi connectivity index (χ4n) is 2.13. The van der Waals surface area contributed by atoms with Gasteiger partial charge < -0.3 is 4.74 Å². The second-order valence-corrected chi connectivity index (χ2v) is 5.25. The third kappa shape index (κ3) is 3.42. The molecule has 0 fully saturated rings. The minimum Gasteiger partial charge on any atom is -0.360 e. The molecule has 2 atom stereocenters. The number of carbonyl (C=O) groups is 1. The van der Waals surface area contributed by atoms with E-state index in [4.69, 9.17) is 4.74 Å². The molecular formula is C17H20O2. The van der Waals surface area contributed by atoms with Crippen LogP contribution in [0.2, 0.25) is 0 Å². The predicted octanol–water partition coefficient (Wildman–Crippen LogP) is 3.78. The molecule has 0 aliphatic heterocycles. The summed E-state index contributed by atoms with van der Waals surface area (Å²) in [4.78, 5) is 11.3. The van der Waals surface area contributed by atoms with Gasteiger partial charge in [0.25, 0.3) is 0 Å². The first-order valence-electron chi connectivity index (χ1n) is 6.63.